The van der Waals surface area contributed by atoms with Crippen LogP contribution in [0.5, 0.6) is 0 Å². The Bertz CT molecular complexity index is 2670. The van der Waals surface area contributed by atoms with Gasteiger partial charge in [-0.3, -0.25) is 19.2 Å². The lowest BCUT2D eigenvalue weighted by Crippen LogP contribution is -2.31. The largest absolute Gasteiger partial charge is 0.398 e. The maximum Gasteiger partial charge on any atom is 0.266 e. The standard InChI is InChI=1S/C39H20N8O4/c1-19-12-22(46-36(48)25-5-2-20(13-27(25)38(46)50)23-7-9-33(44)31(17-42)29(23)15-40)4-11-35(19)47-37(49)26-6-3-21(14-28(26)39(47)51)24-8-10-34(45)32(18-43)30(24)16-41/h2-14H,44-45H2,1H3. The highest BCUT2D eigenvalue weighted by atomic mass is 16.2. The third kappa shape index (κ3) is 4.57. The molecule has 0 bridgehead atoms. The van der Waals surface area contributed by atoms with Gasteiger partial charge in [-0.25, -0.2) is 9.80 Å². The van der Waals surface area contributed by atoms with Crippen LogP contribution in [-0.4, -0.2) is 23.6 Å². The van der Waals surface area contributed by atoms with E-state index in [1.165, 1.54) is 54.6 Å². The molecule has 0 unspecified atom stereocenters. The molecule has 0 spiro atoms. The summed E-state index contributed by atoms with van der Waals surface area (Å²) in [5.41, 5.74) is 15.1. The molecule has 4 amide bonds. The number of nitrogens with two attached hydrogens (primary N) is 2. The summed E-state index contributed by atoms with van der Waals surface area (Å²) in [6.45, 7) is 1.64. The first kappa shape index (κ1) is 31.5. The smallest absolute Gasteiger partial charge is 0.266 e. The minimum atomic E-state index is -0.620. The molecule has 2 aliphatic heterocycles. The maximum atomic E-state index is 13.7. The van der Waals surface area contributed by atoms with Crippen LogP contribution in [0, 0.1) is 52.2 Å². The highest BCUT2D eigenvalue weighted by Crippen LogP contribution is 2.39. The average Bonchev–Trinajstić information content (AvgIpc) is 3.53. The van der Waals surface area contributed by atoms with Crippen molar-refractivity contribution < 1.29 is 19.2 Å². The molecule has 2 aliphatic rings. The lowest BCUT2D eigenvalue weighted by molar-refractivity contribution is 0.0909. The Morgan fingerprint density at radius 2 is 0.882 bits per heavy atom. The van der Waals surface area contributed by atoms with Gasteiger partial charge in [0.1, 0.15) is 24.3 Å². The molecule has 5 aromatic rings. The van der Waals surface area contributed by atoms with Crippen LogP contribution in [0.25, 0.3) is 22.3 Å². The molecule has 0 fully saturated rings. The number of benzene rings is 5. The van der Waals surface area contributed by atoms with E-state index >= 15 is 0 Å². The third-order valence-electron chi connectivity index (χ3n) is 9.00. The summed E-state index contributed by atoms with van der Waals surface area (Å²) in [5, 5.41) is 38.6. The molecule has 12 nitrogen and oxygen atoms in total. The molecule has 0 aliphatic carbocycles. The van der Waals surface area contributed by atoms with Crippen molar-refractivity contribution in [3.05, 3.63) is 129 Å². The molecule has 0 aromatic heterocycles. The lowest BCUT2D eigenvalue weighted by atomic mass is 9.93. The third-order valence-corrected chi connectivity index (χ3v) is 9.00. The van der Waals surface area contributed by atoms with Crippen LogP contribution in [0.3, 0.4) is 0 Å². The first-order valence-corrected chi connectivity index (χ1v) is 15.2. The first-order chi connectivity index (χ1) is 24.5. The van der Waals surface area contributed by atoms with Crippen molar-refractivity contribution in [3.63, 3.8) is 0 Å². The van der Waals surface area contributed by atoms with Crippen molar-refractivity contribution in [2.45, 2.75) is 6.92 Å². The van der Waals surface area contributed by atoms with E-state index in [2.05, 4.69) is 0 Å². The van der Waals surface area contributed by atoms with Crippen LogP contribution in [-0.2, 0) is 0 Å². The number of hydrogen-bond acceptors (Lipinski definition) is 10. The molecule has 0 saturated heterocycles. The van der Waals surface area contributed by atoms with Gasteiger partial charge in [0.15, 0.2) is 0 Å². The molecule has 5 aromatic carbocycles. The summed E-state index contributed by atoms with van der Waals surface area (Å²) in [6.07, 6.45) is 0. The Balaban J connectivity index is 1.20. The van der Waals surface area contributed by atoms with Crippen LogP contribution < -0.4 is 21.3 Å². The fourth-order valence-electron chi connectivity index (χ4n) is 6.49. The molecule has 0 atom stereocenters. The molecular formula is C39H20N8O4. The van der Waals surface area contributed by atoms with Gasteiger partial charge in [-0.1, -0.05) is 24.3 Å². The summed E-state index contributed by atoms with van der Waals surface area (Å²) in [7, 11) is 0. The van der Waals surface area contributed by atoms with E-state index in [9.17, 15) is 40.2 Å². The molecule has 2 heterocycles. The van der Waals surface area contributed by atoms with E-state index in [1.54, 1.807) is 31.2 Å². The van der Waals surface area contributed by atoms with E-state index in [4.69, 9.17) is 11.5 Å². The topological polar surface area (TPSA) is 222 Å². The van der Waals surface area contributed by atoms with Crippen molar-refractivity contribution in [2.75, 3.05) is 21.3 Å². The number of amides is 4. The van der Waals surface area contributed by atoms with Gasteiger partial charge in [-0.15, -0.1) is 0 Å². The number of imide groups is 2. The van der Waals surface area contributed by atoms with Crippen LogP contribution in [0.4, 0.5) is 22.7 Å². The number of hydrogen-bond donors (Lipinski definition) is 2. The molecule has 7 rings (SSSR count). The Kier molecular flexibility index (Phi) is 7.16. The van der Waals surface area contributed by atoms with Gasteiger partial charge >= 0.3 is 0 Å². The highest BCUT2D eigenvalue weighted by Gasteiger charge is 2.40. The number of nitriles is 4. The maximum absolute atomic E-state index is 13.7. The molecule has 0 radical (unpaired) electrons. The normalized spacial score (nSPS) is 13.0. The van der Waals surface area contributed by atoms with Crippen molar-refractivity contribution in [1.29, 1.82) is 21.0 Å². The second-order valence-electron chi connectivity index (χ2n) is 11.7. The van der Waals surface area contributed by atoms with E-state index in [0.717, 1.165) is 9.80 Å². The molecule has 12 heteroatoms. The number of aryl methyl sites for hydroxylation is 1. The SMILES string of the molecule is Cc1cc(N2C(=O)c3ccc(-c4ccc(N)c(C#N)c4C#N)cc3C2=O)ccc1N1C(=O)c2ccc(-c3ccc(N)c(C#N)c3C#N)cc2C1=O. The summed E-state index contributed by atoms with van der Waals surface area (Å²) in [6, 6.07) is 27.6. The Morgan fingerprint density at radius 3 is 1.33 bits per heavy atom. The van der Waals surface area contributed by atoms with Gasteiger partial charge in [-0.2, -0.15) is 21.0 Å². The van der Waals surface area contributed by atoms with Crippen molar-refractivity contribution in [2.24, 2.45) is 0 Å². The first-order valence-electron chi connectivity index (χ1n) is 15.2. The second kappa shape index (κ2) is 11.6. The second-order valence-corrected chi connectivity index (χ2v) is 11.7. The van der Waals surface area contributed by atoms with Gasteiger partial charge in [-0.05, 0) is 78.2 Å². The number of fused-ring (bicyclic) bond motifs is 2. The van der Waals surface area contributed by atoms with Crippen molar-refractivity contribution in [1.82, 2.24) is 0 Å². The Hall–Kier alpha value is -8.06. The van der Waals surface area contributed by atoms with E-state index < -0.39 is 23.6 Å². The van der Waals surface area contributed by atoms with Crippen molar-refractivity contribution in [3.8, 4) is 46.5 Å². The highest BCUT2D eigenvalue weighted by molar-refractivity contribution is 6.36. The predicted octanol–water partition coefficient (Wildman–Crippen LogP) is 5.58. The number of anilines is 4. The molecule has 0 saturated carbocycles. The van der Waals surface area contributed by atoms with E-state index in [-0.39, 0.29) is 67.3 Å². The zero-order valence-electron chi connectivity index (χ0n) is 26.5. The van der Waals surface area contributed by atoms with Gasteiger partial charge in [0, 0.05) is 11.1 Å². The monoisotopic (exact) mass is 664 g/mol. The van der Waals surface area contributed by atoms with Crippen molar-refractivity contribution >= 4 is 46.4 Å². The Labute approximate surface area is 289 Å². The number of nitrogens with zero attached hydrogens (tertiary/aromatic N) is 6. The number of carbonyl (C=O) groups excluding carboxylic acids is 4. The summed E-state index contributed by atoms with van der Waals surface area (Å²) >= 11 is 0. The van der Waals surface area contributed by atoms with Gasteiger partial charge in [0.25, 0.3) is 23.6 Å². The summed E-state index contributed by atoms with van der Waals surface area (Å²) in [5.74, 6) is -2.41. The summed E-state index contributed by atoms with van der Waals surface area (Å²) < 4.78 is 0. The van der Waals surface area contributed by atoms with Crippen LogP contribution in [0.1, 0.15) is 69.2 Å². The van der Waals surface area contributed by atoms with E-state index in [1.807, 2.05) is 24.3 Å². The average molecular weight is 665 g/mol. The van der Waals surface area contributed by atoms with Gasteiger partial charge in [0.2, 0.25) is 0 Å². The predicted molar refractivity (Wildman–Crippen MR) is 185 cm³/mol. The van der Waals surface area contributed by atoms with Gasteiger partial charge in [0.05, 0.1) is 67.3 Å². The quantitative estimate of drug-likeness (QED) is 0.179. The molecule has 51 heavy (non-hydrogen) atoms. The van der Waals surface area contributed by atoms with Gasteiger partial charge < -0.3 is 11.5 Å². The fourth-order valence-corrected chi connectivity index (χ4v) is 6.49. The number of nitrogen functional groups attached to an aromatic ring is 2. The molecule has 4 N–H and O–H groups in total. The molecule has 240 valence electrons. The Morgan fingerprint density at radius 1 is 0.471 bits per heavy atom. The molecular weight excluding hydrogens is 644 g/mol. The van der Waals surface area contributed by atoms with Crippen LogP contribution in [0.2, 0.25) is 0 Å². The van der Waals surface area contributed by atoms with Crippen LogP contribution >= 0.6 is 0 Å². The number of carbonyl (C=O) groups is 4. The minimum absolute atomic E-state index is 0.0118. The zero-order chi connectivity index (χ0) is 36.3. The van der Waals surface area contributed by atoms with Crippen LogP contribution in [0.15, 0.2) is 78.9 Å². The number of rotatable bonds is 4. The lowest BCUT2D eigenvalue weighted by Gasteiger charge is -2.20. The zero-order valence-corrected chi connectivity index (χ0v) is 26.5. The van der Waals surface area contributed by atoms with E-state index in [0.29, 0.717) is 27.8 Å². The minimum Gasteiger partial charge on any atom is -0.398 e. The summed E-state index contributed by atoms with van der Waals surface area (Å²) in [4.78, 5) is 56.5. The fraction of sp³-hybridized carbons (Fsp3) is 0.0256.